The van der Waals surface area contributed by atoms with Crippen molar-refractivity contribution >= 4 is 37.7 Å². The third-order valence-electron chi connectivity index (χ3n) is 1.24. The predicted octanol–water partition coefficient (Wildman–Crippen LogP) is 2.91. The molecule has 0 aliphatic rings. The van der Waals surface area contributed by atoms with Crippen molar-refractivity contribution in [2.24, 2.45) is 0 Å². The van der Waals surface area contributed by atoms with Crippen LogP contribution in [0.4, 0.5) is 13.2 Å². The van der Waals surface area contributed by atoms with Gasteiger partial charge in [-0.3, -0.25) is 0 Å². The highest BCUT2D eigenvalue weighted by Gasteiger charge is 2.19. The topological polar surface area (TPSA) is 0 Å². The van der Waals surface area contributed by atoms with Crippen LogP contribution in [-0.4, -0.2) is 0 Å². The van der Waals surface area contributed by atoms with Crippen molar-refractivity contribution in [3.05, 3.63) is 27.5 Å². The van der Waals surface area contributed by atoms with Crippen molar-refractivity contribution in [1.29, 1.82) is 0 Å². The minimum Gasteiger partial charge on any atom is -0.204 e. The van der Waals surface area contributed by atoms with Crippen LogP contribution in [0.3, 0.4) is 0 Å². The summed E-state index contributed by atoms with van der Waals surface area (Å²) < 4.78 is 38.2. The zero-order valence-electron chi connectivity index (χ0n) is 5.47. The molecule has 0 aliphatic heterocycles. The fraction of sp³-hybridized carbons (Fsp3) is 0. The Labute approximate surface area is 78.9 Å². The summed E-state index contributed by atoms with van der Waals surface area (Å²) in [6.07, 6.45) is 0. The van der Waals surface area contributed by atoms with E-state index >= 15 is 0 Å². The smallest absolute Gasteiger partial charge is 0.166 e. The first-order valence-electron chi connectivity index (χ1n) is 2.73. The molecular formula is C6H2Cl2F3P. The average Bonchev–Trinajstić information content (AvgIpc) is 2.08. The van der Waals surface area contributed by atoms with E-state index in [1.807, 2.05) is 0 Å². The van der Waals surface area contributed by atoms with Crippen molar-refractivity contribution < 1.29 is 13.2 Å². The Hall–Kier alpha value is 0.0200. The predicted molar refractivity (Wildman–Crippen MR) is 45.7 cm³/mol. The van der Waals surface area contributed by atoms with E-state index in [4.69, 9.17) is 23.2 Å². The van der Waals surface area contributed by atoms with Gasteiger partial charge in [0.1, 0.15) is 10.0 Å². The van der Waals surface area contributed by atoms with E-state index in [-0.39, 0.29) is 0 Å². The molecule has 0 aromatic heterocycles. The summed E-state index contributed by atoms with van der Waals surface area (Å²) >= 11 is 10.3. The molecule has 0 saturated carbocycles. The second-order valence-electron chi connectivity index (χ2n) is 1.98. The standard InChI is InChI=1S/C6H2Cl2F3P/c7-1-3(9)2(8)5(11)6(12)4(1)10/h12H2. The minimum atomic E-state index is -1.28. The minimum absolute atomic E-state index is 0.466. The first-order chi connectivity index (χ1) is 5.46. The molecule has 12 heavy (non-hydrogen) atoms. The molecule has 0 saturated heterocycles. The molecule has 1 aromatic rings. The molecule has 0 bridgehead atoms. The monoisotopic (exact) mass is 232 g/mol. The number of hydrogen-bond acceptors (Lipinski definition) is 0. The zero-order valence-corrected chi connectivity index (χ0v) is 8.13. The molecule has 6 heteroatoms. The average molecular weight is 233 g/mol. The third-order valence-corrected chi connectivity index (χ3v) is 2.41. The van der Waals surface area contributed by atoms with Crippen LogP contribution < -0.4 is 5.30 Å². The van der Waals surface area contributed by atoms with Crippen LogP contribution >= 0.6 is 32.4 Å². The maximum Gasteiger partial charge on any atom is 0.166 e. The summed E-state index contributed by atoms with van der Waals surface area (Å²) in [6, 6.07) is 0. The van der Waals surface area contributed by atoms with Gasteiger partial charge in [-0.2, -0.15) is 0 Å². The molecule has 1 aromatic carbocycles. The molecule has 0 nitrogen and oxygen atoms in total. The molecule has 0 N–H and O–H groups in total. The molecule has 1 unspecified atom stereocenters. The lowest BCUT2D eigenvalue weighted by atomic mass is 10.3. The summed E-state index contributed by atoms with van der Waals surface area (Å²) in [5.41, 5.74) is 0. The van der Waals surface area contributed by atoms with Gasteiger partial charge in [0.05, 0.1) is 0 Å². The highest BCUT2D eigenvalue weighted by molar-refractivity contribution is 7.27. The number of hydrogen-bond donors (Lipinski definition) is 0. The molecule has 1 rings (SSSR count). The van der Waals surface area contributed by atoms with Gasteiger partial charge >= 0.3 is 0 Å². The SMILES string of the molecule is Fc1c(P)c(F)c(Cl)c(F)c1Cl. The summed E-state index contributed by atoms with van der Waals surface area (Å²) in [6.45, 7) is 0. The van der Waals surface area contributed by atoms with Crippen molar-refractivity contribution in [3.8, 4) is 0 Å². The van der Waals surface area contributed by atoms with E-state index in [2.05, 4.69) is 0 Å². The van der Waals surface area contributed by atoms with Gasteiger partial charge in [0.25, 0.3) is 0 Å². The van der Waals surface area contributed by atoms with Crippen molar-refractivity contribution in [3.63, 3.8) is 0 Å². The van der Waals surface area contributed by atoms with E-state index in [0.29, 0.717) is 0 Å². The maximum absolute atomic E-state index is 12.7. The number of halogens is 5. The van der Waals surface area contributed by atoms with Crippen molar-refractivity contribution in [1.82, 2.24) is 0 Å². The highest BCUT2D eigenvalue weighted by atomic mass is 35.5. The summed E-state index contributed by atoms with van der Waals surface area (Å²) in [7, 11) is 1.75. The van der Waals surface area contributed by atoms with Crippen LogP contribution in [0.5, 0.6) is 0 Å². The second-order valence-corrected chi connectivity index (χ2v) is 3.32. The van der Waals surface area contributed by atoms with Crippen molar-refractivity contribution in [2.45, 2.75) is 0 Å². The molecule has 0 aliphatic carbocycles. The zero-order chi connectivity index (χ0) is 9.46. The van der Waals surface area contributed by atoms with Crippen LogP contribution in [0.25, 0.3) is 0 Å². The normalized spacial score (nSPS) is 10.5. The molecule has 66 valence electrons. The van der Waals surface area contributed by atoms with E-state index in [1.54, 1.807) is 9.24 Å². The first-order valence-corrected chi connectivity index (χ1v) is 4.07. The fourth-order valence-corrected chi connectivity index (χ4v) is 1.53. The number of benzene rings is 1. The Morgan fingerprint density at radius 3 is 1.50 bits per heavy atom. The molecule has 1 atom stereocenters. The third kappa shape index (κ3) is 1.41. The fourth-order valence-electron chi connectivity index (χ4n) is 0.622. The van der Waals surface area contributed by atoms with E-state index < -0.39 is 32.8 Å². The van der Waals surface area contributed by atoms with Crippen molar-refractivity contribution in [2.75, 3.05) is 0 Å². The summed E-state index contributed by atoms with van der Waals surface area (Å²) in [5, 5.41) is -2.07. The van der Waals surface area contributed by atoms with E-state index in [1.165, 1.54) is 0 Å². The Bertz CT molecular complexity index is 235. The Morgan fingerprint density at radius 2 is 1.17 bits per heavy atom. The van der Waals surface area contributed by atoms with Crippen LogP contribution in [-0.2, 0) is 0 Å². The first kappa shape index (κ1) is 10.1. The molecule has 0 fully saturated rings. The maximum atomic E-state index is 12.7. The van der Waals surface area contributed by atoms with Gasteiger partial charge in [-0.25, -0.2) is 13.2 Å². The van der Waals surface area contributed by atoms with Gasteiger partial charge in [0.15, 0.2) is 17.5 Å². The Balaban J connectivity index is 3.60. The van der Waals surface area contributed by atoms with Crippen LogP contribution in [0.1, 0.15) is 0 Å². The summed E-state index contributed by atoms with van der Waals surface area (Å²) in [5.74, 6) is -3.58. The lowest BCUT2D eigenvalue weighted by molar-refractivity contribution is 0.555. The Kier molecular flexibility index (Phi) is 2.87. The molecule has 0 amide bonds. The van der Waals surface area contributed by atoms with Gasteiger partial charge in [-0.05, 0) is 0 Å². The van der Waals surface area contributed by atoms with Gasteiger partial charge in [-0.15, -0.1) is 0 Å². The van der Waals surface area contributed by atoms with E-state index in [0.717, 1.165) is 0 Å². The van der Waals surface area contributed by atoms with Crippen LogP contribution in [0.2, 0.25) is 10.0 Å². The highest BCUT2D eigenvalue weighted by Crippen LogP contribution is 2.27. The molecular weight excluding hydrogens is 231 g/mol. The summed E-state index contributed by atoms with van der Waals surface area (Å²) in [4.78, 5) is 0. The van der Waals surface area contributed by atoms with Gasteiger partial charge in [0, 0.05) is 5.30 Å². The van der Waals surface area contributed by atoms with Gasteiger partial charge < -0.3 is 0 Å². The largest absolute Gasteiger partial charge is 0.204 e. The van der Waals surface area contributed by atoms with Gasteiger partial charge in [-0.1, -0.05) is 32.4 Å². The van der Waals surface area contributed by atoms with E-state index in [9.17, 15) is 13.2 Å². The lowest BCUT2D eigenvalue weighted by Crippen LogP contribution is -2.08. The molecule has 0 spiro atoms. The lowest BCUT2D eigenvalue weighted by Gasteiger charge is -2.04. The van der Waals surface area contributed by atoms with Crippen LogP contribution in [0, 0.1) is 17.5 Å². The quantitative estimate of drug-likeness (QED) is 0.367. The number of rotatable bonds is 0. The molecule has 0 radical (unpaired) electrons. The second kappa shape index (κ2) is 3.41. The molecule has 0 heterocycles. The Morgan fingerprint density at radius 1 is 0.833 bits per heavy atom. The van der Waals surface area contributed by atoms with Gasteiger partial charge in [0.2, 0.25) is 0 Å². The van der Waals surface area contributed by atoms with Crippen LogP contribution in [0.15, 0.2) is 0 Å².